The summed E-state index contributed by atoms with van der Waals surface area (Å²) in [6.45, 7) is 0. The average molecular weight is 502 g/mol. The van der Waals surface area contributed by atoms with Crippen LogP contribution >= 0.6 is 0 Å². The summed E-state index contributed by atoms with van der Waals surface area (Å²) in [5.74, 6) is 1.79. The molecule has 182 valence electrons. The number of pyridine rings is 2. The Kier molecular flexibility index (Phi) is 4.57. The number of nitrogens with zero attached hydrogens (tertiary/aromatic N) is 5. The molecule has 0 saturated carbocycles. The lowest BCUT2D eigenvalue weighted by Gasteiger charge is -2.08. The quantitative estimate of drug-likeness (QED) is 0.250. The molecule has 0 bridgehead atoms. The van der Waals surface area contributed by atoms with Crippen LogP contribution in [0.1, 0.15) is 0 Å². The Morgan fingerprint density at radius 2 is 1.10 bits per heavy atom. The molecule has 0 spiro atoms. The summed E-state index contributed by atoms with van der Waals surface area (Å²) in [6, 6.07) is 35.5. The van der Waals surface area contributed by atoms with Gasteiger partial charge in [0.1, 0.15) is 0 Å². The number of fused-ring (bicyclic) bond motifs is 5. The van der Waals surface area contributed by atoms with Gasteiger partial charge in [0.25, 0.3) is 5.56 Å². The van der Waals surface area contributed by atoms with Gasteiger partial charge in [-0.05, 0) is 30.3 Å². The second-order valence-electron chi connectivity index (χ2n) is 9.51. The summed E-state index contributed by atoms with van der Waals surface area (Å²) < 4.78 is 1.79. The topological polar surface area (TPSA) is 73.0 Å². The molecule has 8 rings (SSSR count). The number of benzene rings is 4. The fraction of sp³-hybridized carbons (Fsp3) is 0. The summed E-state index contributed by atoms with van der Waals surface area (Å²) in [4.78, 5) is 32.9. The minimum atomic E-state index is -0.0447. The summed E-state index contributed by atoms with van der Waals surface area (Å²) in [5, 5.41) is 3.45. The van der Waals surface area contributed by atoms with E-state index in [9.17, 15) is 4.79 Å². The first-order chi connectivity index (χ1) is 19.3. The SMILES string of the molecule is O=c1c2ccccc2c2nccc3c4cc(-c5nc(-c6ccccc6)nc(-c6ccccc6)n5)ccc4n1c32. The Bertz CT molecular complexity index is 2180. The van der Waals surface area contributed by atoms with Gasteiger partial charge in [0.2, 0.25) is 0 Å². The lowest BCUT2D eigenvalue weighted by molar-refractivity contribution is 1.07. The largest absolute Gasteiger partial charge is 0.273 e. The zero-order chi connectivity index (χ0) is 25.9. The van der Waals surface area contributed by atoms with Gasteiger partial charge in [-0.2, -0.15) is 0 Å². The van der Waals surface area contributed by atoms with Crippen LogP contribution in [0.2, 0.25) is 0 Å². The number of hydrogen-bond acceptors (Lipinski definition) is 5. The highest BCUT2D eigenvalue weighted by molar-refractivity contribution is 6.19. The van der Waals surface area contributed by atoms with Crippen LogP contribution in [0.4, 0.5) is 0 Å². The van der Waals surface area contributed by atoms with Gasteiger partial charge in [-0.25, -0.2) is 15.0 Å². The first-order valence-corrected chi connectivity index (χ1v) is 12.7. The highest BCUT2D eigenvalue weighted by Gasteiger charge is 2.19. The van der Waals surface area contributed by atoms with E-state index in [4.69, 9.17) is 15.0 Å². The van der Waals surface area contributed by atoms with Crippen molar-refractivity contribution in [1.82, 2.24) is 24.3 Å². The van der Waals surface area contributed by atoms with Crippen LogP contribution in [-0.4, -0.2) is 24.3 Å². The molecule has 4 aromatic heterocycles. The Hall–Kier alpha value is -5.49. The van der Waals surface area contributed by atoms with Crippen LogP contribution in [-0.2, 0) is 0 Å². The molecule has 0 N–H and O–H groups in total. The van der Waals surface area contributed by atoms with Gasteiger partial charge in [-0.1, -0.05) is 78.9 Å². The van der Waals surface area contributed by atoms with Crippen LogP contribution < -0.4 is 5.56 Å². The first-order valence-electron chi connectivity index (χ1n) is 12.7. The van der Waals surface area contributed by atoms with Gasteiger partial charge < -0.3 is 0 Å². The number of hydrogen-bond donors (Lipinski definition) is 0. The Morgan fingerprint density at radius 3 is 1.77 bits per heavy atom. The maximum absolute atomic E-state index is 13.6. The number of aromatic nitrogens is 5. The predicted octanol–water partition coefficient (Wildman–Crippen LogP) is 6.78. The second kappa shape index (κ2) is 8.26. The van der Waals surface area contributed by atoms with E-state index in [1.165, 1.54) is 0 Å². The van der Waals surface area contributed by atoms with E-state index in [2.05, 4.69) is 11.1 Å². The lowest BCUT2D eigenvalue weighted by atomic mass is 10.1. The molecule has 6 heteroatoms. The molecule has 0 amide bonds. The highest BCUT2D eigenvalue weighted by Crippen LogP contribution is 2.35. The van der Waals surface area contributed by atoms with E-state index >= 15 is 0 Å². The van der Waals surface area contributed by atoms with Crippen molar-refractivity contribution >= 4 is 38.1 Å². The molecule has 0 aliphatic carbocycles. The molecule has 0 aliphatic rings. The Labute approximate surface area is 222 Å². The maximum Gasteiger partial charge on any atom is 0.263 e. The van der Waals surface area contributed by atoms with E-state index in [0.717, 1.165) is 49.4 Å². The van der Waals surface area contributed by atoms with E-state index < -0.39 is 0 Å². The summed E-state index contributed by atoms with van der Waals surface area (Å²) in [5.41, 5.74) is 5.12. The standard InChI is InChI=1S/C33H19N5O/c39-33-25-14-8-7-13-23(25)28-29-24(17-18-34-28)26-19-22(15-16-27(26)38(29)33)32-36-30(20-9-3-1-4-10-20)35-31(37-32)21-11-5-2-6-12-21/h1-19H. The smallest absolute Gasteiger partial charge is 0.263 e. The van der Waals surface area contributed by atoms with Gasteiger partial charge in [-0.15, -0.1) is 0 Å². The molecule has 0 saturated heterocycles. The molecular formula is C33H19N5O. The fourth-order valence-electron chi connectivity index (χ4n) is 5.45. The van der Waals surface area contributed by atoms with Crippen LogP contribution in [0.3, 0.4) is 0 Å². The van der Waals surface area contributed by atoms with Gasteiger partial charge >= 0.3 is 0 Å². The van der Waals surface area contributed by atoms with Crippen molar-refractivity contribution in [2.45, 2.75) is 0 Å². The van der Waals surface area contributed by atoms with Crippen LogP contribution in [0, 0.1) is 0 Å². The van der Waals surface area contributed by atoms with Crippen molar-refractivity contribution in [2.75, 3.05) is 0 Å². The monoisotopic (exact) mass is 501 g/mol. The molecule has 4 heterocycles. The highest BCUT2D eigenvalue weighted by atomic mass is 16.1. The Morgan fingerprint density at radius 1 is 0.513 bits per heavy atom. The molecule has 6 nitrogen and oxygen atoms in total. The van der Waals surface area contributed by atoms with Crippen molar-refractivity contribution in [3.05, 3.63) is 126 Å². The molecule has 0 aliphatic heterocycles. The third kappa shape index (κ3) is 3.25. The third-order valence-electron chi connectivity index (χ3n) is 7.25. The molecule has 0 fully saturated rings. The zero-order valence-corrected chi connectivity index (χ0v) is 20.6. The molecule has 0 unspecified atom stereocenters. The normalized spacial score (nSPS) is 11.7. The summed E-state index contributed by atoms with van der Waals surface area (Å²) >= 11 is 0. The third-order valence-corrected chi connectivity index (χ3v) is 7.25. The predicted molar refractivity (Wildman–Crippen MR) is 155 cm³/mol. The van der Waals surface area contributed by atoms with Crippen LogP contribution in [0.15, 0.2) is 120 Å². The van der Waals surface area contributed by atoms with Gasteiger partial charge in [0, 0.05) is 44.4 Å². The average Bonchev–Trinajstić information content (AvgIpc) is 3.35. The molecule has 0 atom stereocenters. The molecule has 8 aromatic rings. The molecule has 0 radical (unpaired) electrons. The van der Waals surface area contributed by atoms with Crippen LogP contribution in [0.5, 0.6) is 0 Å². The van der Waals surface area contributed by atoms with Crippen molar-refractivity contribution in [2.24, 2.45) is 0 Å². The van der Waals surface area contributed by atoms with E-state index in [1.54, 1.807) is 4.40 Å². The Balaban J connectivity index is 1.42. The summed E-state index contributed by atoms with van der Waals surface area (Å²) in [7, 11) is 0. The van der Waals surface area contributed by atoms with Crippen molar-refractivity contribution < 1.29 is 0 Å². The van der Waals surface area contributed by atoms with Gasteiger partial charge in [0.05, 0.1) is 16.6 Å². The van der Waals surface area contributed by atoms with E-state index in [-0.39, 0.29) is 5.56 Å². The zero-order valence-electron chi connectivity index (χ0n) is 20.6. The van der Waals surface area contributed by atoms with Gasteiger partial charge in [-0.3, -0.25) is 14.2 Å². The van der Waals surface area contributed by atoms with Gasteiger partial charge in [0.15, 0.2) is 17.5 Å². The first kappa shape index (κ1) is 21.6. The van der Waals surface area contributed by atoms with Crippen molar-refractivity contribution in [1.29, 1.82) is 0 Å². The van der Waals surface area contributed by atoms with E-state index in [0.29, 0.717) is 22.9 Å². The summed E-state index contributed by atoms with van der Waals surface area (Å²) in [6.07, 6.45) is 1.81. The lowest BCUT2D eigenvalue weighted by Crippen LogP contribution is -2.13. The van der Waals surface area contributed by atoms with Crippen molar-refractivity contribution in [3.8, 4) is 34.2 Å². The van der Waals surface area contributed by atoms with Crippen molar-refractivity contribution in [3.63, 3.8) is 0 Å². The minimum Gasteiger partial charge on any atom is -0.273 e. The molecular weight excluding hydrogens is 482 g/mol. The fourth-order valence-corrected chi connectivity index (χ4v) is 5.45. The second-order valence-corrected chi connectivity index (χ2v) is 9.51. The maximum atomic E-state index is 13.6. The number of rotatable bonds is 3. The molecule has 4 aromatic carbocycles. The molecule has 39 heavy (non-hydrogen) atoms. The van der Waals surface area contributed by atoms with Crippen LogP contribution in [0.25, 0.3) is 72.3 Å². The minimum absolute atomic E-state index is 0.0447. The van der Waals surface area contributed by atoms with E-state index in [1.807, 2.05) is 109 Å².